The second kappa shape index (κ2) is 5.96. The summed E-state index contributed by atoms with van der Waals surface area (Å²) in [5.41, 5.74) is 2.28. The van der Waals surface area contributed by atoms with Gasteiger partial charge in [0.15, 0.2) is 0 Å². The number of hydrogen-bond acceptors (Lipinski definition) is 2. The summed E-state index contributed by atoms with van der Waals surface area (Å²) in [4.78, 5) is 0. The van der Waals surface area contributed by atoms with Crippen LogP contribution in [-0.2, 0) is 6.42 Å². The summed E-state index contributed by atoms with van der Waals surface area (Å²) in [5.74, 6) is 0.984. The van der Waals surface area contributed by atoms with Gasteiger partial charge >= 0.3 is 0 Å². The molecule has 2 aromatic carbocycles. The highest BCUT2D eigenvalue weighted by atomic mass is 79.9. The Kier molecular flexibility index (Phi) is 4.24. The first kappa shape index (κ1) is 14.2. The van der Waals surface area contributed by atoms with Crippen LogP contribution in [0, 0.1) is 0 Å². The fraction of sp³-hybridized carbons (Fsp3) is 0.200. The summed E-state index contributed by atoms with van der Waals surface area (Å²) in [6.45, 7) is 0.764. The maximum Gasteiger partial charge on any atom is 0.123 e. The van der Waals surface area contributed by atoms with Gasteiger partial charge < -0.3 is 10.1 Å². The van der Waals surface area contributed by atoms with E-state index in [4.69, 9.17) is 16.3 Å². The van der Waals surface area contributed by atoms with Crippen LogP contribution in [0.15, 0.2) is 45.3 Å². The van der Waals surface area contributed by atoms with Crippen LogP contribution in [0.25, 0.3) is 0 Å². The summed E-state index contributed by atoms with van der Waals surface area (Å²) >= 11 is 12.9. The quantitative estimate of drug-likeness (QED) is 0.734. The molecule has 1 heterocycles. The Morgan fingerprint density at radius 2 is 2.05 bits per heavy atom. The van der Waals surface area contributed by atoms with Crippen LogP contribution >= 0.6 is 43.5 Å². The second-order valence-electron chi connectivity index (χ2n) is 4.71. The lowest BCUT2D eigenvalue weighted by Gasteiger charge is -2.13. The third-order valence-corrected chi connectivity index (χ3v) is 4.92. The fourth-order valence-corrected chi connectivity index (χ4v) is 3.15. The Bertz CT molecular complexity index is 648. The third-order valence-electron chi connectivity index (χ3n) is 3.22. The standard InChI is InChI=1S/C15H12Br2ClNO/c16-10-1-4-15-9(5-10)6-12(20-15)8-19-11-2-3-14(18)13(17)7-11/h1-5,7,12,19H,6,8H2. The van der Waals surface area contributed by atoms with E-state index in [9.17, 15) is 0 Å². The van der Waals surface area contributed by atoms with Gasteiger partial charge in [-0.25, -0.2) is 0 Å². The van der Waals surface area contributed by atoms with Crippen molar-refractivity contribution < 1.29 is 4.74 Å². The van der Waals surface area contributed by atoms with Gasteiger partial charge in [-0.05, 0) is 57.9 Å². The van der Waals surface area contributed by atoms with Gasteiger partial charge in [-0.1, -0.05) is 27.5 Å². The average Bonchev–Trinajstić information content (AvgIpc) is 2.82. The predicted molar refractivity (Wildman–Crippen MR) is 89.9 cm³/mol. The first-order valence-corrected chi connectivity index (χ1v) is 8.22. The van der Waals surface area contributed by atoms with Gasteiger partial charge in [0.1, 0.15) is 11.9 Å². The van der Waals surface area contributed by atoms with E-state index < -0.39 is 0 Å². The van der Waals surface area contributed by atoms with Crippen LogP contribution in [0.3, 0.4) is 0 Å². The van der Waals surface area contributed by atoms with Crippen molar-refractivity contribution >= 4 is 49.1 Å². The molecule has 0 saturated heterocycles. The molecule has 0 amide bonds. The number of ether oxygens (including phenoxy) is 1. The van der Waals surface area contributed by atoms with Crippen molar-refractivity contribution in [2.45, 2.75) is 12.5 Å². The van der Waals surface area contributed by atoms with Gasteiger partial charge in [0.05, 0.1) is 11.6 Å². The van der Waals surface area contributed by atoms with E-state index in [1.165, 1.54) is 5.56 Å². The highest BCUT2D eigenvalue weighted by Crippen LogP contribution is 2.31. The predicted octanol–water partition coefficient (Wildman–Crippen LogP) is 5.28. The maximum atomic E-state index is 5.98. The first-order chi connectivity index (χ1) is 9.61. The molecular formula is C15H12Br2ClNO. The molecule has 2 aromatic rings. The molecule has 1 aliphatic heterocycles. The molecule has 3 rings (SSSR count). The van der Waals surface area contributed by atoms with Crippen molar-refractivity contribution in [1.82, 2.24) is 0 Å². The lowest BCUT2D eigenvalue weighted by molar-refractivity contribution is 0.246. The first-order valence-electron chi connectivity index (χ1n) is 6.26. The van der Waals surface area contributed by atoms with E-state index >= 15 is 0 Å². The fourth-order valence-electron chi connectivity index (χ4n) is 2.24. The van der Waals surface area contributed by atoms with Crippen LogP contribution in [-0.4, -0.2) is 12.6 Å². The highest BCUT2D eigenvalue weighted by molar-refractivity contribution is 9.10. The minimum Gasteiger partial charge on any atom is -0.488 e. The molecule has 0 spiro atoms. The van der Waals surface area contributed by atoms with Gasteiger partial charge in [-0.3, -0.25) is 0 Å². The summed E-state index contributed by atoms with van der Waals surface area (Å²) in [7, 11) is 0. The van der Waals surface area contributed by atoms with E-state index in [0.29, 0.717) is 5.02 Å². The third kappa shape index (κ3) is 3.13. The van der Waals surface area contributed by atoms with Gasteiger partial charge in [0.25, 0.3) is 0 Å². The SMILES string of the molecule is Clc1ccc(NCC2Cc3cc(Br)ccc3O2)cc1Br. The van der Waals surface area contributed by atoms with Crippen molar-refractivity contribution in [1.29, 1.82) is 0 Å². The van der Waals surface area contributed by atoms with Gasteiger partial charge in [-0.15, -0.1) is 0 Å². The van der Waals surface area contributed by atoms with Crippen LogP contribution in [0.4, 0.5) is 5.69 Å². The number of hydrogen-bond donors (Lipinski definition) is 1. The molecule has 0 aliphatic carbocycles. The van der Waals surface area contributed by atoms with Gasteiger partial charge in [-0.2, -0.15) is 0 Å². The van der Waals surface area contributed by atoms with Crippen molar-refractivity contribution in [3.63, 3.8) is 0 Å². The number of halogens is 3. The molecule has 2 nitrogen and oxygen atoms in total. The van der Waals surface area contributed by atoms with Crippen molar-refractivity contribution in [2.24, 2.45) is 0 Å². The lowest BCUT2D eigenvalue weighted by atomic mass is 10.1. The van der Waals surface area contributed by atoms with Crippen LogP contribution in [0.5, 0.6) is 5.75 Å². The zero-order valence-corrected chi connectivity index (χ0v) is 14.4. The van der Waals surface area contributed by atoms with Crippen molar-refractivity contribution in [3.05, 3.63) is 55.9 Å². The summed E-state index contributed by atoms with van der Waals surface area (Å²) in [5, 5.41) is 4.09. The minimum atomic E-state index is 0.161. The van der Waals surface area contributed by atoms with E-state index in [2.05, 4.69) is 43.2 Å². The lowest BCUT2D eigenvalue weighted by Crippen LogP contribution is -2.23. The normalized spacial score (nSPS) is 16.6. The average molecular weight is 418 g/mol. The summed E-state index contributed by atoms with van der Waals surface area (Å²) < 4.78 is 7.90. The van der Waals surface area contributed by atoms with E-state index in [0.717, 1.165) is 33.3 Å². The van der Waals surface area contributed by atoms with E-state index in [1.54, 1.807) is 0 Å². The molecule has 1 unspecified atom stereocenters. The van der Waals surface area contributed by atoms with E-state index in [-0.39, 0.29) is 6.10 Å². The van der Waals surface area contributed by atoms with E-state index in [1.807, 2.05) is 30.3 Å². The zero-order chi connectivity index (χ0) is 14.1. The summed E-state index contributed by atoms with van der Waals surface area (Å²) in [6.07, 6.45) is 1.09. The molecule has 0 saturated carbocycles. The molecule has 0 bridgehead atoms. The molecule has 1 aliphatic rings. The van der Waals surface area contributed by atoms with Crippen LogP contribution in [0.2, 0.25) is 5.02 Å². The number of nitrogens with one attached hydrogen (secondary N) is 1. The Labute approximate surface area is 139 Å². The summed E-state index contributed by atoms with van der Waals surface area (Å²) in [6, 6.07) is 11.9. The molecule has 1 N–H and O–H groups in total. The topological polar surface area (TPSA) is 21.3 Å². The molecule has 0 aromatic heterocycles. The monoisotopic (exact) mass is 415 g/mol. The molecule has 0 fully saturated rings. The molecule has 1 atom stereocenters. The molecule has 20 heavy (non-hydrogen) atoms. The maximum absolute atomic E-state index is 5.98. The molecule has 0 radical (unpaired) electrons. The van der Waals surface area contributed by atoms with Crippen molar-refractivity contribution in [3.8, 4) is 5.75 Å². The van der Waals surface area contributed by atoms with Crippen LogP contribution < -0.4 is 10.1 Å². The number of benzene rings is 2. The number of rotatable bonds is 3. The Hall–Kier alpha value is -0.710. The van der Waals surface area contributed by atoms with Crippen molar-refractivity contribution in [2.75, 3.05) is 11.9 Å². The second-order valence-corrected chi connectivity index (χ2v) is 6.88. The Balaban J connectivity index is 1.62. The Morgan fingerprint density at radius 3 is 2.85 bits per heavy atom. The molecule has 5 heteroatoms. The smallest absolute Gasteiger partial charge is 0.123 e. The number of fused-ring (bicyclic) bond motifs is 1. The zero-order valence-electron chi connectivity index (χ0n) is 10.5. The van der Waals surface area contributed by atoms with Gasteiger partial charge in [0.2, 0.25) is 0 Å². The van der Waals surface area contributed by atoms with Crippen LogP contribution in [0.1, 0.15) is 5.56 Å². The largest absolute Gasteiger partial charge is 0.488 e. The highest BCUT2D eigenvalue weighted by Gasteiger charge is 2.22. The molecule has 104 valence electrons. The van der Waals surface area contributed by atoms with Gasteiger partial charge in [0, 0.05) is 21.1 Å². The molecular weight excluding hydrogens is 405 g/mol. The Morgan fingerprint density at radius 1 is 1.20 bits per heavy atom. The number of anilines is 1. The minimum absolute atomic E-state index is 0.161.